The Morgan fingerprint density at radius 2 is 1.96 bits per heavy atom. The standard InChI is InChI=1S/C18H17F2NO3/c1-12-5-3-7-14(11-12)21-16(22)10-9-13-6-4-8-15(23-2)17(13)24-18(19)20/h3-11,18H,1-2H3,(H,21,22)/b10-9+. The number of methoxy groups -OCH3 is 1. The second-order valence-corrected chi connectivity index (χ2v) is 4.95. The zero-order valence-corrected chi connectivity index (χ0v) is 13.3. The van der Waals surface area contributed by atoms with Crippen LogP contribution in [0, 0.1) is 6.92 Å². The van der Waals surface area contributed by atoms with Gasteiger partial charge in [-0.25, -0.2) is 0 Å². The summed E-state index contributed by atoms with van der Waals surface area (Å²) in [5.74, 6) is -0.336. The number of hydrogen-bond acceptors (Lipinski definition) is 3. The van der Waals surface area contributed by atoms with E-state index in [0.717, 1.165) is 5.56 Å². The van der Waals surface area contributed by atoms with Gasteiger partial charge in [-0.1, -0.05) is 24.3 Å². The number of aryl methyl sites for hydroxylation is 1. The van der Waals surface area contributed by atoms with Crippen LogP contribution in [0.25, 0.3) is 6.08 Å². The normalized spacial score (nSPS) is 10.9. The minimum Gasteiger partial charge on any atom is -0.493 e. The number of alkyl halides is 2. The van der Waals surface area contributed by atoms with Crippen molar-refractivity contribution in [3.63, 3.8) is 0 Å². The smallest absolute Gasteiger partial charge is 0.387 e. The Morgan fingerprint density at radius 1 is 1.21 bits per heavy atom. The Morgan fingerprint density at radius 3 is 2.62 bits per heavy atom. The quantitative estimate of drug-likeness (QED) is 0.804. The number of para-hydroxylation sites is 1. The second-order valence-electron chi connectivity index (χ2n) is 4.95. The molecule has 0 aliphatic heterocycles. The molecule has 0 heterocycles. The van der Waals surface area contributed by atoms with E-state index in [9.17, 15) is 13.6 Å². The summed E-state index contributed by atoms with van der Waals surface area (Å²) in [5, 5.41) is 2.70. The minimum absolute atomic E-state index is 0.116. The highest BCUT2D eigenvalue weighted by atomic mass is 19.3. The van der Waals surface area contributed by atoms with Crippen LogP contribution in [0.5, 0.6) is 11.5 Å². The fourth-order valence-corrected chi connectivity index (χ4v) is 2.11. The maximum absolute atomic E-state index is 12.6. The van der Waals surface area contributed by atoms with E-state index in [4.69, 9.17) is 4.74 Å². The molecule has 6 heteroatoms. The number of amides is 1. The third-order valence-corrected chi connectivity index (χ3v) is 3.14. The summed E-state index contributed by atoms with van der Waals surface area (Å²) in [6.45, 7) is -1.08. The molecular formula is C18H17F2NO3. The van der Waals surface area contributed by atoms with Crippen LogP contribution >= 0.6 is 0 Å². The summed E-state index contributed by atoms with van der Waals surface area (Å²) in [6, 6.07) is 12.0. The highest BCUT2D eigenvalue weighted by Gasteiger charge is 2.14. The number of anilines is 1. The Labute approximate surface area is 138 Å². The molecule has 24 heavy (non-hydrogen) atoms. The number of nitrogens with one attached hydrogen (secondary N) is 1. The number of carbonyl (C=O) groups is 1. The topological polar surface area (TPSA) is 47.6 Å². The molecule has 0 bridgehead atoms. The van der Waals surface area contributed by atoms with Gasteiger partial charge in [0.1, 0.15) is 0 Å². The van der Waals surface area contributed by atoms with Gasteiger partial charge in [-0.05, 0) is 36.8 Å². The molecule has 0 saturated carbocycles. The summed E-state index contributed by atoms with van der Waals surface area (Å²) in [6.07, 6.45) is 2.64. The van der Waals surface area contributed by atoms with Crippen LogP contribution in [0.3, 0.4) is 0 Å². The first kappa shape index (κ1) is 17.5. The van der Waals surface area contributed by atoms with Gasteiger partial charge in [-0.2, -0.15) is 8.78 Å². The van der Waals surface area contributed by atoms with Gasteiger partial charge in [-0.15, -0.1) is 0 Å². The lowest BCUT2D eigenvalue weighted by molar-refractivity contribution is -0.111. The van der Waals surface area contributed by atoms with Crippen molar-refractivity contribution in [3.8, 4) is 11.5 Å². The van der Waals surface area contributed by atoms with Crippen molar-refractivity contribution in [2.45, 2.75) is 13.5 Å². The van der Waals surface area contributed by atoms with Crippen molar-refractivity contribution < 1.29 is 23.0 Å². The molecule has 0 aliphatic carbocycles. The van der Waals surface area contributed by atoms with Crippen molar-refractivity contribution in [1.82, 2.24) is 0 Å². The Bertz CT molecular complexity index is 745. The lowest BCUT2D eigenvalue weighted by Gasteiger charge is -2.12. The summed E-state index contributed by atoms with van der Waals surface area (Å²) in [4.78, 5) is 12.0. The third kappa shape index (κ3) is 4.81. The number of hydrogen-bond donors (Lipinski definition) is 1. The maximum atomic E-state index is 12.6. The SMILES string of the molecule is COc1cccc(/C=C/C(=O)Nc2cccc(C)c2)c1OC(F)F. The van der Waals surface area contributed by atoms with E-state index in [1.54, 1.807) is 18.2 Å². The molecule has 0 aliphatic rings. The van der Waals surface area contributed by atoms with Crippen LogP contribution in [0.15, 0.2) is 48.5 Å². The van der Waals surface area contributed by atoms with Crippen LogP contribution in [0.2, 0.25) is 0 Å². The summed E-state index contributed by atoms with van der Waals surface area (Å²) < 4.78 is 34.6. The lowest BCUT2D eigenvalue weighted by Crippen LogP contribution is -2.08. The zero-order valence-electron chi connectivity index (χ0n) is 13.3. The van der Waals surface area contributed by atoms with Crippen LogP contribution in [-0.4, -0.2) is 19.6 Å². The molecule has 0 radical (unpaired) electrons. The van der Waals surface area contributed by atoms with Crippen molar-refractivity contribution in [1.29, 1.82) is 0 Å². The fourth-order valence-electron chi connectivity index (χ4n) is 2.11. The van der Waals surface area contributed by atoms with E-state index in [1.807, 2.05) is 25.1 Å². The van der Waals surface area contributed by atoms with Gasteiger partial charge < -0.3 is 14.8 Å². The molecular weight excluding hydrogens is 316 g/mol. The third-order valence-electron chi connectivity index (χ3n) is 3.14. The van der Waals surface area contributed by atoms with Crippen LogP contribution in [0.4, 0.5) is 14.5 Å². The van der Waals surface area contributed by atoms with Crippen LogP contribution in [0.1, 0.15) is 11.1 Å². The zero-order chi connectivity index (χ0) is 17.5. The van der Waals surface area contributed by atoms with Gasteiger partial charge >= 0.3 is 6.61 Å². The molecule has 1 N–H and O–H groups in total. The molecule has 0 unspecified atom stereocenters. The van der Waals surface area contributed by atoms with Crippen molar-refractivity contribution in [2.75, 3.05) is 12.4 Å². The number of ether oxygens (including phenoxy) is 2. The number of carbonyl (C=O) groups excluding carboxylic acids is 1. The van der Waals surface area contributed by atoms with Crippen molar-refractivity contribution in [2.24, 2.45) is 0 Å². The van der Waals surface area contributed by atoms with E-state index >= 15 is 0 Å². The number of halogens is 2. The van der Waals surface area contributed by atoms with Crippen molar-refractivity contribution in [3.05, 3.63) is 59.7 Å². The predicted molar refractivity (Wildman–Crippen MR) is 88.5 cm³/mol. The first-order valence-corrected chi connectivity index (χ1v) is 7.17. The highest BCUT2D eigenvalue weighted by Crippen LogP contribution is 2.33. The second kappa shape index (κ2) is 8.10. The fraction of sp³-hybridized carbons (Fsp3) is 0.167. The number of benzene rings is 2. The predicted octanol–water partition coefficient (Wildman–Crippen LogP) is 4.26. The molecule has 0 saturated heterocycles. The molecule has 0 fully saturated rings. The summed E-state index contributed by atoms with van der Waals surface area (Å²) >= 11 is 0. The molecule has 0 atom stereocenters. The van der Waals surface area contributed by atoms with Gasteiger partial charge in [0, 0.05) is 17.3 Å². The van der Waals surface area contributed by atoms with E-state index in [-0.39, 0.29) is 17.4 Å². The van der Waals surface area contributed by atoms with Gasteiger partial charge in [0.05, 0.1) is 7.11 Å². The van der Waals surface area contributed by atoms with E-state index in [2.05, 4.69) is 10.1 Å². The molecule has 126 valence electrons. The van der Waals surface area contributed by atoms with E-state index in [0.29, 0.717) is 11.3 Å². The average molecular weight is 333 g/mol. The highest BCUT2D eigenvalue weighted by molar-refractivity contribution is 6.02. The Hall–Kier alpha value is -2.89. The Balaban J connectivity index is 2.17. The molecule has 0 aromatic heterocycles. The molecule has 4 nitrogen and oxygen atoms in total. The molecule has 0 spiro atoms. The Kier molecular flexibility index (Phi) is 5.89. The summed E-state index contributed by atoms with van der Waals surface area (Å²) in [7, 11) is 1.35. The van der Waals surface area contributed by atoms with E-state index < -0.39 is 6.61 Å². The monoisotopic (exact) mass is 333 g/mol. The van der Waals surface area contributed by atoms with Gasteiger partial charge in [0.2, 0.25) is 5.91 Å². The molecule has 2 rings (SSSR count). The first-order valence-electron chi connectivity index (χ1n) is 7.17. The molecule has 2 aromatic carbocycles. The van der Waals surface area contributed by atoms with Crippen molar-refractivity contribution >= 4 is 17.7 Å². The largest absolute Gasteiger partial charge is 0.493 e. The van der Waals surface area contributed by atoms with Crippen LogP contribution in [-0.2, 0) is 4.79 Å². The minimum atomic E-state index is -2.99. The van der Waals surface area contributed by atoms with Gasteiger partial charge in [0.15, 0.2) is 11.5 Å². The van der Waals surface area contributed by atoms with Gasteiger partial charge in [-0.3, -0.25) is 4.79 Å². The van der Waals surface area contributed by atoms with E-state index in [1.165, 1.54) is 25.3 Å². The molecule has 2 aromatic rings. The average Bonchev–Trinajstić information content (AvgIpc) is 2.53. The molecule has 1 amide bonds. The van der Waals surface area contributed by atoms with Crippen LogP contribution < -0.4 is 14.8 Å². The number of rotatable bonds is 6. The maximum Gasteiger partial charge on any atom is 0.387 e. The summed E-state index contributed by atoms with van der Waals surface area (Å²) in [5.41, 5.74) is 1.98. The lowest BCUT2D eigenvalue weighted by atomic mass is 10.1. The van der Waals surface area contributed by atoms with Gasteiger partial charge in [0.25, 0.3) is 0 Å². The first-order chi connectivity index (χ1) is 11.5.